The molecule has 0 radical (unpaired) electrons. The Morgan fingerprint density at radius 2 is 2.11 bits per heavy atom. The lowest BCUT2D eigenvalue weighted by atomic mass is 10.1. The van der Waals surface area contributed by atoms with Crippen molar-refractivity contribution in [1.29, 1.82) is 0 Å². The molecule has 1 amide bonds. The largest absolute Gasteiger partial charge is 0.406 e. The van der Waals surface area contributed by atoms with Crippen molar-refractivity contribution in [2.45, 2.75) is 20.0 Å². The number of nitrogens with zero attached hydrogens (tertiary/aromatic N) is 2. The highest BCUT2D eigenvalue weighted by Gasteiger charge is 2.33. The molecular formula is C12H14BrF3N2O. The zero-order valence-corrected chi connectivity index (χ0v) is 12.1. The predicted molar refractivity (Wildman–Crippen MR) is 68.7 cm³/mol. The van der Waals surface area contributed by atoms with E-state index in [0.717, 1.165) is 4.90 Å². The third-order valence-corrected chi connectivity index (χ3v) is 2.65. The van der Waals surface area contributed by atoms with Crippen molar-refractivity contribution in [3.8, 4) is 0 Å². The SMILES string of the molecule is CC(C)CN(CC(F)(F)F)C(=O)c1ccnc(Br)c1. The van der Waals surface area contributed by atoms with Crippen molar-refractivity contribution in [2.24, 2.45) is 5.92 Å². The molecule has 0 spiro atoms. The molecule has 0 saturated heterocycles. The molecular weight excluding hydrogens is 325 g/mol. The number of pyridine rings is 1. The number of amides is 1. The van der Waals surface area contributed by atoms with Gasteiger partial charge in [0.1, 0.15) is 11.1 Å². The summed E-state index contributed by atoms with van der Waals surface area (Å²) >= 11 is 3.09. The van der Waals surface area contributed by atoms with Crippen LogP contribution in [0.2, 0.25) is 0 Å². The molecule has 0 fully saturated rings. The fourth-order valence-electron chi connectivity index (χ4n) is 1.59. The second-order valence-electron chi connectivity index (χ2n) is 4.56. The number of aromatic nitrogens is 1. The number of alkyl halides is 3. The van der Waals surface area contributed by atoms with Crippen LogP contribution in [-0.4, -0.2) is 35.1 Å². The van der Waals surface area contributed by atoms with Gasteiger partial charge in [-0.25, -0.2) is 4.98 Å². The van der Waals surface area contributed by atoms with Gasteiger partial charge in [0.05, 0.1) is 0 Å². The molecule has 0 aliphatic carbocycles. The second-order valence-corrected chi connectivity index (χ2v) is 5.37. The van der Waals surface area contributed by atoms with Crippen molar-refractivity contribution in [3.05, 3.63) is 28.5 Å². The van der Waals surface area contributed by atoms with Gasteiger partial charge >= 0.3 is 6.18 Å². The minimum Gasteiger partial charge on any atom is -0.329 e. The number of carbonyl (C=O) groups excluding carboxylic acids is 1. The van der Waals surface area contributed by atoms with Crippen LogP contribution in [0.5, 0.6) is 0 Å². The molecule has 0 aromatic carbocycles. The summed E-state index contributed by atoms with van der Waals surface area (Å²) in [6.07, 6.45) is -3.03. The summed E-state index contributed by atoms with van der Waals surface area (Å²) in [5.74, 6) is -0.689. The Morgan fingerprint density at radius 1 is 1.47 bits per heavy atom. The zero-order chi connectivity index (χ0) is 14.6. The van der Waals surface area contributed by atoms with E-state index in [-0.39, 0.29) is 18.0 Å². The first kappa shape index (κ1) is 15.9. The molecule has 0 N–H and O–H groups in total. The van der Waals surface area contributed by atoms with Crippen LogP contribution in [0.1, 0.15) is 24.2 Å². The quantitative estimate of drug-likeness (QED) is 0.787. The maximum atomic E-state index is 12.5. The second kappa shape index (κ2) is 6.36. The Labute approximate surface area is 117 Å². The molecule has 1 aromatic rings. The first-order valence-electron chi connectivity index (χ1n) is 5.66. The van der Waals surface area contributed by atoms with Gasteiger partial charge < -0.3 is 4.90 Å². The molecule has 0 aliphatic rings. The highest BCUT2D eigenvalue weighted by Crippen LogP contribution is 2.19. The van der Waals surface area contributed by atoms with Crippen LogP contribution >= 0.6 is 15.9 Å². The molecule has 0 bridgehead atoms. The van der Waals surface area contributed by atoms with Crippen LogP contribution in [-0.2, 0) is 0 Å². The van der Waals surface area contributed by atoms with Gasteiger partial charge in [-0.1, -0.05) is 13.8 Å². The number of hydrogen-bond donors (Lipinski definition) is 0. The van der Waals surface area contributed by atoms with E-state index in [2.05, 4.69) is 20.9 Å². The highest BCUT2D eigenvalue weighted by molar-refractivity contribution is 9.10. The van der Waals surface area contributed by atoms with Gasteiger partial charge in [-0.2, -0.15) is 13.2 Å². The van der Waals surface area contributed by atoms with Crippen LogP contribution in [0.4, 0.5) is 13.2 Å². The summed E-state index contributed by atoms with van der Waals surface area (Å²) < 4.78 is 37.9. The predicted octanol–water partition coefficient (Wildman–Crippen LogP) is 3.50. The fraction of sp³-hybridized carbons (Fsp3) is 0.500. The molecule has 1 heterocycles. The van der Waals surface area contributed by atoms with Crippen LogP contribution in [0.3, 0.4) is 0 Å². The van der Waals surface area contributed by atoms with Gasteiger partial charge in [0.25, 0.3) is 5.91 Å². The number of rotatable bonds is 4. The van der Waals surface area contributed by atoms with Crippen molar-refractivity contribution >= 4 is 21.8 Å². The molecule has 0 aliphatic heterocycles. The van der Waals surface area contributed by atoms with E-state index < -0.39 is 18.6 Å². The summed E-state index contributed by atoms with van der Waals surface area (Å²) in [7, 11) is 0. The van der Waals surface area contributed by atoms with Gasteiger partial charge in [0, 0.05) is 18.3 Å². The third-order valence-electron chi connectivity index (χ3n) is 2.22. The summed E-state index contributed by atoms with van der Waals surface area (Å²) in [6, 6.07) is 2.81. The summed E-state index contributed by atoms with van der Waals surface area (Å²) in [6.45, 7) is 2.33. The van der Waals surface area contributed by atoms with Gasteiger partial charge in [0.2, 0.25) is 0 Å². The molecule has 1 rings (SSSR count). The van der Waals surface area contributed by atoms with E-state index in [0.29, 0.717) is 4.60 Å². The van der Waals surface area contributed by atoms with E-state index in [1.54, 1.807) is 13.8 Å². The van der Waals surface area contributed by atoms with Crippen molar-refractivity contribution < 1.29 is 18.0 Å². The minimum atomic E-state index is -4.41. The summed E-state index contributed by atoms with van der Waals surface area (Å²) in [4.78, 5) is 16.7. The maximum absolute atomic E-state index is 12.5. The number of carbonyl (C=O) groups is 1. The van der Waals surface area contributed by atoms with Gasteiger partial charge in [0.15, 0.2) is 0 Å². The minimum absolute atomic E-state index is 0.0448. The number of hydrogen-bond acceptors (Lipinski definition) is 2. The summed E-state index contributed by atoms with van der Waals surface area (Å²) in [5.41, 5.74) is 0.187. The zero-order valence-electron chi connectivity index (χ0n) is 10.5. The molecule has 19 heavy (non-hydrogen) atoms. The van der Waals surface area contributed by atoms with Crippen molar-refractivity contribution in [3.63, 3.8) is 0 Å². The average molecular weight is 339 g/mol. The molecule has 106 valence electrons. The molecule has 0 saturated carbocycles. The Bertz CT molecular complexity index is 449. The smallest absolute Gasteiger partial charge is 0.329 e. The Kier molecular flexibility index (Phi) is 5.34. The standard InChI is InChI=1S/C12H14BrF3N2O/c1-8(2)6-18(7-12(14,15)16)11(19)9-3-4-17-10(13)5-9/h3-5,8H,6-7H2,1-2H3. The van der Waals surface area contributed by atoms with Crippen LogP contribution in [0.15, 0.2) is 22.9 Å². The number of halogens is 4. The monoisotopic (exact) mass is 338 g/mol. The molecule has 0 unspecified atom stereocenters. The average Bonchev–Trinajstić information content (AvgIpc) is 2.24. The van der Waals surface area contributed by atoms with Gasteiger partial charge in [-0.05, 0) is 34.0 Å². The van der Waals surface area contributed by atoms with Crippen molar-refractivity contribution in [2.75, 3.05) is 13.1 Å². The van der Waals surface area contributed by atoms with E-state index in [1.165, 1.54) is 18.3 Å². The Balaban J connectivity index is 2.93. The molecule has 1 aromatic heterocycles. The van der Waals surface area contributed by atoms with Crippen LogP contribution < -0.4 is 0 Å². The topological polar surface area (TPSA) is 33.2 Å². The lowest BCUT2D eigenvalue weighted by Gasteiger charge is -2.25. The Morgan fingerprint density at radius 3 is 2.58 bits per heavy atom. The molecule has 3 nitrogen and oxygen atoms in total. The molecule has 7 heteroatoms. The van der Waals surface area contributed by atoms with Gasteiger partial charge in [-0.15, -0.1) is 0 Å². The summed E-state index contributed by atoms with van der Waals surface area (Å²) in [5, 5.41) is 0. The highest BCUT2D eigenvalue weighted by atomic mass is 79.9. The van der Waals surface area contributed by atoms with Crippen LogP contribution in [0.25, 0.3) is 0 Å². The van der Waals surface area contributed by atoms with Crippen molar-refractivity contribution in [1.82, 2.24) is 9.88 Å². The lowest BCUT2D eigenvalue weighted by Crippen LogP contribution is -2.41. The fourth-order valence-corrected chi connectivity index (χ4v) is 1.96. The van der Waals surface area contributed by atoms with Gasteiger partial charge in [-0.3, -0.25) is 4.79 Å². The molecule has 0 atom stereocenters. The normalized spacial score (nSPS) is 11.7. The van der Waals surface area contributed by atoms with E-state index >= 15 is 0 Å². The Hall–Kier alpha value is -1.11. The first-order valence-corrected chi connectivity index (χ1v) is 6.46. The maximum Gasteiger partial charge on any atom is 0.406 e. The first-order chi connectivity index (χ1) is 8.69. The van der Waals surface area contributed by atoms with E-state index in [9.17, 15) is 18.0 Å². The van der Waals surface area contributed by atoms with Crippen LogP contribution in [0, 0.1) is 5.92 Å². The van der Waals surface area contributed by atoms with E-state index in [1.807, 2.05) is 0 Å². The third kappa shape index (κ3) is 5.59. The van der Waals surface area contributed by atoms with E-state index in [4.69, 9.17) is 0 Å². The lowest BCUT2D eigenvalue weighted by molar-refractivity contribution is -0.141.